The summed E-state index contributed by atoms with van der Waals surface area (Å²) >= 11 is 0. The largest absolute Gasteiger partial charge is 0.463 e. The summed E-state index contributed by atoms with van der Waals surface area (Å²) in [6.45, 7) is 11.6. The normalized spacial score (nSPS) is 18.2. The molecule has 0 aliphatic carbocycles. The fourth-order valence-corrected chi connectivity index (χ4v) is 3.41. The molecule has 0 radical (unpaired) electrons. The highest BCUT2D eigenvalue weighted by atomic mass is 16.7. The second-order valence-electron chi connectivity index (χ2n) is 8.88. The number of hydrogen-bond donors (Lipinski definition) is 0. The molecule has 0 saturated carbocycles. The Balaban J connectivity index is 2.47. The Morgan fingerprint density at radius 3 is 2.34 bits per heavy atom. The van der Waals surface area contributed by atoms with Crippen LogP contribution in [0, 0.1) is 5.92 Å². The predicted molar refractivity (Wildman–Crippen MR) is 129 cm³/mol. The van der Waals surface area contributed by atoms with Crippen molar-refractivity contribution < 1.29 is 23.8 Å². The van der Waals surface area contributed by atoms with Gasteiger partial charge in [-0.2, -0.15) is 0 Å². The Morgan fingerprint density at radius 2 is 1.69 bits per heavy atom. The van der Waals surface area contributed by atoms with Crippen molar-refractivity contribution >= 4 is 11.8 Å². The zero-order chi connectivity index (χ0) is 23.8. The summed E-state index contributed by atoms with van der Waals surface area (Å²) < 4.78 is 16.6. The standard InChI is InChI=1S/C27H44O5/c1-6-30-27(29)24(13-9-11-22(4)16-17-25(28)21(2)3)14-10-12-23(5)18-20-32-26-15-7-8-19-31-26/h11,14,18,21,26H,6-10,12-13,15-17,19-20H2,1-5H3/b22-11+,23-18+,24-14+. The third-order valence-corrected chi connectivity index (χ3v) is 5.64. The Kier molecular flexibility index (Phi) is 14.9. The maximum absolute atomic E-state index is 12.3. The van der Waals surface area contributed by atoms with E-state index in [9.17, 15) is 9.59 Å². The van der Waals surface area contributed by atoms with Crippen molar-refractivity contribution in [3.8, 4) is 0 Å². The lowest BCUT2D eigenvalue weighted by atomic mass is 10.00. The van der Waals surface area contributed by atoms with Crippen LogP contribution in [0.4, 0.5) is 0 Å². The Bertz CT molecular complexity index is 651. The van der Waals surface area contributed by atoms with Gasteiger partial charge in [0.1, 0.15) is 5.78 Å². The van der Waals surface area contributed by atoms with Gasteiger partial charge in [0.15, 0.2) is 6.29 Å². The third-order valence-electron chi connectivity index (χ3n) is 5.64. The molecule has 1 fully saturated rings. The predicted octanol–water partition coefficient (Wildman–Crippen LogP) is 6.48. The van der Waals surface area contributed by atoms with Crippen molar-refractivity contribution in [3.05, 3.63) is 34.9 Å². The first-order valence-corrected chi connectivity index (χ1v) is 12.3. The van der Waals surface area contributed by atoms with Crippen molar-refractivity contribution in [2.75, 3.05) is 19.8 Å². The van der Waals surface area contributed by atoms with Gasteiger partial charge in [0.2, 0.25) is 0 Å². The molecule has 1 aliphatic heterocycles. The molecule has 1 rings (SSSR count). The number of ether oxygens (including phenoxy) is 3. The number of allylic oxidation sites excluding steroid dienone is 4. The van der Waals surface area contributed by atoms with Crippen molar-refractivity contribution in [2.45, 2.75) is 98.7 Å². The lowest BCUT2D eigenvalue weighted by Gasteiger charge is -2.22. The van der Waals surface area contributed by atoms with Crippen LogP contribution in [0.2, 0.25) is 0 Å². The Hall–Kier alpha value is -1.72. The Labute approximate surface area is 195 Å². The summed E-state index contributed by atoms with van der Waals surface area (Å²) in [4.78, 5) is 24.1. The summed E-state index contributed by atoms with van der Waals surface area (Å²) in [6, 6.07) is 0. The summed E-state index contributed by atoms with van der Waals surface area (Å²) in [7, 11) is 0. The molecule has 182 valence electrons. The minimum atomic E-state index is -0.229. The van der Waals surface area contributed by atoms with Gasteiger partial charge in [0.05, 0.1) is 13.2 Å². The zero-order valence-electron chi connectivity index (χ0n) is 20.9. The number of rotatable bonds is 15. The minimum absolute atomic E-state index is 0.0666. The molecule has 0 bridgehead atoms. The smallest absolute Gasteiger partial charge is 0.333 e. The van der Waals surface area contributed by atoms with Crippen LogP contribution in [0.15, 0.2) is 34.9 Å². The monoisotopic (exact) mass is 448 g/mol. The van der Waals surface area contributed by atoms with Crippen LogP contribution in [-0.4, -0.2) is 37.9 Å². The molecule has 32 heavy (non-hydrogen) atoms. The maximum Gasteiger partial charge on any atom is 0.333 e. The highest BCUT2D eigenvalue weighted by Crippen LogP contribution is 2.17. The van der Waals surface area contributed by atoms with Crippen molar-refractivity contribution in [1.29, 1.82) is 0 Å². The van der Waals surface area contributed by atoms with Crippen LogP contribution in [0.5, 0.6) is 0 Å². The number of Topliss-reactive ketones (excluding diaryl/α,β-unsaturated/α-hetero) is 1. The molecule has 1 aliphatic rings. The average Bonchev–Trinajstić information content (AvgIpc) is 2.77. The number of carbonyl (C=O) groups excluding carboxylic acids is 2. The second kappa shape index (κ2) is 16.8. The first-order chi connectivity index (χ1) is 15.3. The first-order valence-electron chi connectivity index (χ1n) is 12.3. The second-order valence-corrected chi connectivity index (χ2v) is 8.88. The van der Waals surface area contributed by atoms with E-state index >= 15 is 0 Å². The lowest BCUT2D eigenvalue weighted by molar-refractivity contribution is -0.155. The fourth-order valence-electron chi connectivity index (χ4n) is 3.41. The third kappa shape index (κ3) is 13.0. The van der Waals surface area contributed by atoms with Crippen LogP contribution in [0.3, 0.4) is 0 Å². The molecule has 1 heterocycles. The maximum atomic E-state index is 12.3. The van der Waals surface area contributed by atoms with Gasteiger partial charge in [-0.15, -0.1) is 0 Å². The number of ketones is 1. The number of carbonyl (C=O) groups is 2. The SMILES string of the molecule is CCOC(=O)/C(=C/CC/C(C)=C/COC1CCCCO1)CC/C=C(\C)CCC(=O)C(C)C. The molecule has 0 aromatic carbocycles. The van der Waals surface area contributed by atoms with E-state index in [1.165, 1.54) is 17.6 Å². The van der Waals surface area contributed by atoms with Crippen molar-refractivity contribution in [3.63, 3.8) is 0 Å². The van der Waals surface area contributed by atoms with E-state index in [1.54, 1.807) is 0 Å². The topological polar surface area (TPSA) is 61.8 Å². The van der Waals surface area contributed by atoms with E-state index in [-0.39, 0.29) is 18.2 Å². The first kappa shape index (κ1) is 28.3. The van der Waals surface area contributed by atoms with E-state index in [1.807, 2.05) is 26.8 Å². The molecule has 1 saturated heterocycles. The fraction of sp³-hybridized carbons (Fsp3) is 0.704. The van der Waals surface area contributed by atoms with E-state index in [2.05, 4.69) is 26.0 Å². The van der Waals surface area contributed by atoms with Crippen molar-refractivity contribution in [2.24, 2.45) is 5.92 Å². The zero-order valence-corrected chi connectivity index (χ0v) is 20.9. The van der Waals surface area contributed by atoms with Crippen LogP contribution in [-0.2, 0) is 23.8 Å². The molecule has 1 atom stereocenters. The summed E-state index contributed by atoms with van der Waals surface area (Å²) in [6.07, 6.45) is 13.9. The minimum Gasteiger partial charge on any atom is -0.463 e. The van der Waals surface area contributed by atoms with Crippen molar-refractivity contribution in [1.82, 2.24) is 0 Å². The van der Waals surface area contributed by atoms with Gasteiger partial charge in [-0.05, 0) is 72.1 Å². The molecule has 1 unspecified atom stereocenters. The van der Waals surface area contributed by atoms with Crippen LogP contribution < -0.4 is 0 Å². The van der Waals surface area contributed by atoms with E-state index in [4.69, 9.17) is 14.2 Å². The molecule has 0 aromatic rings. The average molecular weight is 449 g/mol. The van der Waals surface area contributed by atoms with Gasteiger partial charge in [-0.1, -0.05) is 43.2 Å². The number of esters is 1. The van der Waals surface area contributed by atoms with E-state index in [0.29, 0.717) is 31.8 Å². The molecule has 0 amide bonds. The van der Waals surface area contributed by atoms with Crippen LogP contribution in [0.25, 0.3) is 0 Å². The van der Waals surface area contributed by atoms with Gasteiger partial charge < -0.3 is 14.2 Å². The summed E-state index contributed by atoms with van der Waals surface area (Å²) in [5.41, 5.74) is 3.17. The molecule has 5 heteroatoms. The molecular formula is C27H44O5. The highest BCUT2D eigenvalue weighted by molar-refractivity contribution is 5.88. The summed E-state index contributed by atoms with van der Waals surface area (Å²) in [5, 5.41) is 0. The van der Waals surface area contributed by atoms with Gasteiger partial charge in [-0.3, -0.25) is 4.79 Å². The molecule has 0 N–H and O–H groups in total. The van der Waals surface area contributed by atoms with Gasteiger partial charge in [0.25, 0.3) is 0 Å². The quantitative estimate of drug-likeness (QED) is 0.163. The highest BCUT2D eigenvalue weighted by Gasteiger charge is 2.13. The molecule has 5 nitrogen and oxygen atoms in total. The van der Waals surface area contributed by atoms with E-state index in [0.717, 1.165) is 50.7 Å². The lowest BCUT2D eigenvalue weighted by Crippen LogP contribution is -2.22. The van der Waals surface area contributed by atoms with Crippen LogP contribution >= 0.6 is 0 Å². The van der Waals surface area contributed by atoms with Crippen LogP contribution in [0.1, 0.15) is 92.4 Å². The molecule has 0 spiro atoms. The summed E-state index contributed by atoms with van der Waals surface area (Å²) in [5.74, 6) is 0.156. The number of hydrogen-bond acceptors (Lipinski definition) is 5. The molecular weight excluding hydrogens is 404 g/mol. The molecule has 0 aromatic heterocycles. The van der Waals surface area contributed by atoms with E-state index < -0.39 is 0 Å². The van der Waals surface area contributed by atoms with Gasteiger partial charge in [-0.25, -0.2) is 4.79 Å². The van der Waals surface area contributed by atoms with Gasteiger partial charge >= 0.3 is 5.97 Å². The Morgan fingerprint density at radius 1 is 0.969 bits per heavy atom. The van der Waals surface area contributed by atoms with Gasteiger partial charge in [0, 0.05) is 24.5 Å².